The first kappa shape index (κ1) is 16.7. The van der Waals surface area contributed by atoms with Crippen molar-refractivity contribution in [2.24, 2.45) is 4.99 Å². The lowest BCUT2D eigenvalue weighted by molar-refractivity contribution is 0.273. The molecule has 2 aromatic carbocycles. The molecule has 2 aromatic rings. The molecule has 6 nitrogen and oxygen atoms in total. The van der Waals surface area contributed by atoms with Crippen molar-refractivity contribution in [2.45, 2.75) is 19.1 Å². The highest BCUT2D eigenvalue weighted by atomic mass is 16.5. The summed E-state index contributed by atoms with van der Waals surface area (Å²) < 4.78 is 10.8. The molecule has 1 saturated heterocycles. The number of anilines is 2. The van der Waals surface area contributed by atoms with E-state index < -0.39 is 0 Å². The Morgan fingerprint density at radius 1 is 1.08 bits per heavy atom. The van der Waals surface area contributed by atoms with Crippen LogP contribution in [0.3, 0.4) is 0 Å². The minimum absolute atomic E-state index is 0.0425. The predicted molar refractivity (Wildman–Crippen MR) is 104 cm³/mol. The minimum Gasteiger partial charge on any atom is -0.497 e. The number of hydrogen-bond acceptors (Lipinski definition) is 6. The maximum absolute atomic E-state index is 5.52. The van der Waals surface area contributed by atoms with Gasteiger partial charge in [0.2, 0.25) is 0 Å². The van der Waals surface area contributed by atoms with Crippen LogP contribution < -0.4 is 20.1 Å². The summed E-state index contributed by atoms with van der Waals surface area (Å²) in [6, 6.07) is 14.0. The Kier molecular flexibility index (Phi) is 4.67. The zero-order valence-corrected chi connectivity index (χ0v) is 15.2. The van der Waals surface area contributed by atoms with Gasteiger partial charge in [0, 0.05) is 30.4 Å². The van der Waals surface area contributed by atoms with E-state index in [1.807, 2.05) is 30.3 Å². The first-order valence-electron chi connectivity index (χ1n) is 8.95. The van der Waals surface area contributed by atoms with Crippen molar-refractivity contribution >= 4 is 17.2 Å². The Bertz CT molecular complexity index is 815. The van der Waals surface area contributed by atoms with Gasteiger partial charge in [0.05, 0.1) is 19.9 Å². The molecule has 2 heterocycles. The Labute approximate surface area is 153 Å². The smallest absolute Gasteiger partial charge is 0.178 e. The Morgan fingerprint density at radius 3 is 2.65 bits per heavy atom. The quantitative estimate of drug-likeness (QED) is 0.884. The zero-order valence-electron chi connectivity index (χ0n) is 15.2. The van der Waals surface area contributed by atoms with Crippen LogP contribution in [-0.2, 0) is 0 Å². The maximum Gasteiger partial charge on any atom is 0.178 e. The van der Waals surface area contributed by atoms with Gasteiger partial charge in [-0.1, -0.05) is 12.1 Å². The Balaban J connectivity index is 1.68. The van der Waals surface area contributed by atoms with Gasteiger partial charge in [0.15, 0.2) is 6.29 Å². The summed E-state index contributed by atoms with van der Waals surface area (Å²) in [7, 11) is 3.31. The predicted octanol–water partition coefficient (Wildman–Crippen LogP) is 3.37. The third-order valence-electron chi connectivity index (χ3n) is 4.87. The van der Waals surface area contributed by atoms with Crippen molar-refractivity contribution < 1.29 is 9.47 Å². The summed E-state index contributed by atoms with van der Waals surface area (Å²) in [4.78, 5) is 7.33. The van der Waals surface area contributed by atoms with Gasteiger partial charge in [-0.2, -0.15) is 0 Å². The Morgan fingerprint density at radius 2 is 1.88 bits per heavy atom. The topological polar surface area (TPSA) is 58.1 Å². The molecular formula is C20H24N4O2. The second-order valence-electron chi connectivity index (χ2n) is 6.48. The molecule has 1 atom stereocenters. The number of fused-ring (bicyclic) bond motifs is 1. The number of nitrogens with zero attached hydrogens (tertiary/aromatic N) is 2. The zero-order chi connectivity index (χ0) is 17.9. The molecule has 26 heavy (non-hydrogen) atoms. The van der Waals surface area contributed by atoms with Gasteiger partial charge in [-0.25, -0.2) is 4.99 Å². The van der Waals surface area contributed by atoms with E-state index in [4.69, 9.17) is 14.5 Å². The lowest BCUT2D eigenvalue weighted by Gasteiger charge is -2.31. The van der Waals surface area contributed by atoms with Crippen molar-refractivity contribution in [1.82, 2.24) is 4.90 Å². The molecule has 0 amide bonds. The van der Waals surface area contributed by atoms with Crippen LogP contribution in [0.15, 0.2) is 47.5 Å². The second kappa shape index (κ2) is 7.25. The summed E-state index contributed by atoms with van der Waals surface area (Å²) in [6.45, 7) is 2.14. The SMILES string of the molecule is COc1ccc(NC2=NC(N3CCCC3)Nc3ccccc32)c(OC)c1. The van der Waals surface area contributed by atoms with Gasteiger partial charge in [0.1, 0.15) is 17.3 Å². The monoisotopic (exact) mass is 352 g/mol. The van der Waals surface area contributed by atoms with Crippen LogP contribution in [-0.4, -0.2) is 44.3 Å². The number of nitrogens with one attached hydrogen (secondary N) is 2. The fraction of sp³-hybridized carbons (Fsp3) is 0.350. The number of benzene rings is 2. The molecule has 0 spiro atoms. The first-order chi connectivity index (χ1) is 12.8. The van der Waals surface area contributed by atoms with Crippen LogP contribution >= 0.6 is 0 Å². The number of hydrogen-bond donors (Lipinski definition) is 2. The summed E-state index contributed by atoms with van der Waals surface area (Å²) in [5.41, 5.74) is 3.01. The standard InChI is InChI=1S/C20H24N4O2/c1-25-14-9-10-17(18(13-14)26-2)21-19-15-7-3-4-8-16(15)22-20(23-19)24-11-5-6-12-24/h3-4,7-10,13,20,22H,5-6,11-12H2,1-2H3,(H,21,23). The van der Waals surface area contributed by atoms with E-state index in [0.29, 0.717) is 0 Å². The summed E-state index contributed by atoms with van der Waals surface area (Å²) in [5, 5.41) is 7.01. The molecule has 2 aliphatic heterocycles. The molecule has 4 rings (SSSR count). The van der Waals surface area contributed by atoms with E-state index >= 15 is 0 Å². The fourth-order valence-corrected chi connectivity index (χ4v) is 3.47. The number of rotatable bonds is 4. The van der Waals surface area contributed by atoms with Crippen LogP contribution in [0.25, 0.3) is 0 Å². The normalized spacial score (nSPS) is 19.3. The van der Waals surface area contributed by atoms with Crippen molar-refractivity contribution in [3.63, 3.8) is 0 Å². The van der Waals surface area contributed by atoms with Gasteiger partial charge in [-0.3, -0.25) is 4.90 Å². The molecule has 0 aliphatic carbocycles. The minimum atomic E-state index is -0.0425. The van der Waals surface area contributed by atoms with Crippen LogP contribution in [0.1, 0.15) is 18.4 Å². The molecule has 0 saturated carbocycles. The highest BCUT2D eigenvalue weighted by Crippen LogP contribution is 2.32. The highest BCUT2D eigenvalue weighted by Gasteiger charge is 2.27. The number of para-hydroxylation sites is 1. The van der Waals surface area contributed by atoms with Crippen molar-refractivity contribution in [2.75, 3.05) is 37.9 Å². The fourth-order valence-electron chi connectivity index (χ4n) is 3.47. The van der Waals surface area contributed by atoms with Gasteiger partial charge >= 0.3 is 0 Å². The number of likely N-dealkylation sites (tertiary alicyclic amines) is 1. The average Bonchev–Trinajstić information content (AvgIpc) is 3.23. The van der Waals surface area contributed by atoms with Crippen LogP contribution in [0, 0.1) is 0 Å². The highest BCUT2D eigenvalue weighted by molar-refractivity contribution is 6.13. The molecule has 0 bridgehead atoms. The number of methoxy groups -OCH3 is 2. The van der Waals surface area contributed by atoms with Crippen molar-refractivity contribution in [3.05, 3.63) is 48.0 Å². The number of aliphatic imine (C=N–C) groups is 1. The molecular weight excluding hydrogens is 328 g/mol. The molecule has 1 fully saturated rings. The number of ether oxygens (including phenoxy) is 2. The second-order valence-corrected chi connectivity index (χ2v) is 6.48. The molecule has 136 valence electrons. The lowest BCUT2D eigenvalue weighted by Crippen LogP contribution is -2.41. The third-order valence-corrected chi connectivity index (χ3v) is 4.87. The first-order valence-corrected chi connectivity index (χ1v) is 8.95. The maximum atomic E-state index is 5.52. The molecule has 6 heteroatoms. The summed E-state index contributed by atoms with van der Waals surface area (Å²) in [6.07, 6.45) is 2.41. The van der Waals surface area contributed by atoms with Crippen LogP contribution in [0.5, 0.6) is 11.5 Å². The summed E-state index contributed by atoms with van der Waals surface area (Å²) in [5.74, 6) is 2.33. The lowest BCUT2D eigenvalue weighted by atomic mass is 10.1. The van der Waals surface area contributed by atoms with Crippen LogP contribution in [0.4, 0.5) is 11.4 Å². The Hall–Kier alpha value is -2.73. The van der Waals surface area contributed by atoms with Crippen LogP contribution in [0.2, 0.25) is 0 Å². The molecule has 2 aliphatic rings. The van der Waals surface area contributed by atoms with E-state index in [2.05, 4.69) is 27.7 Å². The van der Waals surface area contributed by atoms with Crippen molar-refractivity contribution in [1.29, 1.82) is 0 Å². The average molecular weight is 352 g/mol. The molecule has 0 radical (unpaired) electrons. The van der Waals surface area contributed by atoms with E-state index in [1.165, 1.54) is 12.8 Å². The largest absolute Gasteiger partial charge is 0.497 e. The van der Waals surface area contributed by atoms with Gasteiger partial charge < -0.3 is 20.1 Å². The molecule has 0 aromatic heterocycles. The van der Waals surface area contributed by atoms with E-state index in [0.717, 1.165) is 47.4 Å². The van der Waals surface area contributed by atoms with Gasteiger partial charge in [-0.15, -0.1) is 0 Å². The van der Waals surface area contributed by atoms with Crippen molar-refractivity contribution in [3.8, 4) is 11.5 Å². The molecule has 2 N–H and O–H groups in total. The van der Waals surface area contributed by atoms with E-state index in [-0.39, 0.29) is 6.29 Å². The van der Waals surface area contributed by atoms with Gasteiger partial charge in [0.25, 0.3) is 0 Å². The number of amidine groups is 1. The van der Waals surface area contributed by atoms with E-state index in [9.17, 15) is 0 Å². The van der Waals surface area contributed by atoms with Gasteiger partial charge in [-0.05, 0) is 37.1 Å². The molecule has 1 unspecified atom stereocenters. The third kappa shape index (κ3) is 3.20. The summed E-state index contributed by atoms with van der Waals surface area (Å²) >= 11 is 0. The van der Waals surface area contributed by atoms with E-state index in [1.54, 1.807) is 14.2 Å².